The molecule has 0 radical (unpaired) electrons. The van der Waals surface area contributed by atoms with Gasteiger partial charge in [-0.15, -0.1) is 0 Å². The van der Waals surface area contributed by atoms with Crippen molar-refractivity contribution in [2.24, 2.45) is 23.7 Å². The van der Waals surface area contributed by atoms with Crippen LogP contribution < -0.4 is 0 Å². The van der Waals surface area contributed by atoms with Crippen molar-refractivity contribution in [2.75, 3.05) is 48.5 Å². The first kappa shape index (κ1) is 53.0. The molecule has 3 saturated heterocycles. The van der Waals surface area contributed by atoms with Gasteiger partial charge in [-0.05, 0) is 100 Å². The Balaban J connectivity index is 0.00000169. The standard InChI is InChI=1S/C30H58N2O8.C8H16O2.C2H6.CH4O/c1-12-23-30(8,37)26(34)21(6)32(11)16-17(2)15-29(7,36)27(19(4)25(33)20(5)28(35)39-23)40-24-14-22(31(9)10)13-18(3)38-24;1-6-4-5-10-7(2)8(6)9-3;2*1-2/h17-27,33-34,36-37H,12-16H2,1-11H3;6-8H,4-5H2,1-3H3;1-2H3;2H,1H3/t17-,18?,19+,20?,21?,22?,23-,24?,25+,26+,27-,29-,30-;6?,7?,8-;;/m11../s1. The van der Waals surface area contributed by atoms with Crippen LogP contribution in [0.4, 0.5) is 0 Å². The van der Waals surface area contributed by atoms with Crippen LogP contribution in [-0.4, -0.2) is 162 Å². The van der Waals surface area contributed by atoms with E-state index in [2.05, 4.69) is 18.7 Å². The van der Waals surface area contributed by atoms with Crippen LogP contribution in [0.25, 0.3) is 0 Å². The largest absolute Gasteiger partial charge is 0.459 e. The van der Waals surface area contributed by atoms with Gasteiger partial charge in [0.05, 0.1) is 42.0 Å². The van der Waals surface area contributed by atoms with Gasteiger partial charge in [0, 0.05) is 51.8 Å². The molecule has 0 aromatic heterocycles. The summed E-state index contributed by atoms with van der Waals surface area (Å²) in [7, 11) is 8.67. The molecule has 3 fully saturated rings. The third-order valence-electron chi connectivity index (χ3n) is 11.6. The normalized spacial score (nSPS) is 43.1. The van der Waals surface area contributed by atoms with Gasteiger partial charge in [0.1, 0.15) is 17.8 Å². The second kappa shape index (κ2) is 24.7. The summed E-state index contributed by atoms with van der Waals surface area (Å²) in [4.78, 5) is 17.4. The van der Waals surface area contributed by atoms with Gasteiger partial charge in [-0.25, -0.2) is 0 Å². The van der Waals surface area contributed by atoms with Crippen molar-refractivity contribution >= 4 is 5.97 Å². The molecule has 5 N–H and O–H groups in total. The van der Waals surface area contributed by atoms with E-state index in [4.69, 9.17) is 28.8 Å². The summed E-state index contributed by atoms with van der Waals surface area (Å²) in [6, 6.07) is -0.219. The van der Waals surface area contributed by atoms with Crippen LogP contribution in [0.1, 0.15) is 115 Å². The number of carbonyl (C=O) groups is 1. The maximum Gasteiger partial charge on any atom is 0.311 e. The van der Waals surface area contributed by atoms with E-state index in [9.17, 15) is 25.2 Å². The van der Waals surface area contributed by atoms with E-state index >= 15 is 0 Å². The molecular weight excluding hydrogens is 696 g/mol. The average Bonchev–Trinajstić information content (AvgIpc) is 3.12. The maximum atomic E-state index is 13.3. The summed E-state index contributed by atoms with van der Waals surface area (Å²) in [5.41, 5.74) is -3.09. The summed E-state index contributed by atoms with van der Waals surface area (Å²) >= 11 is 0. The van der Waals surface area contributed by atoms with Gasteiger partial charge < -0.3 is 59.0 Å². The lowest BCUT2D eigenvalue weighted by molar-refractivity contribution is -0.267. The quantitative estimate of drug-likeness (QED) is 0.253. The number of ether oxygens (including phenoxy) is 5. The van der Waals surface area contributed by atoms with Gasteiger partial charge in [0.25, 0.3) is 0 Å². The second-order valence-corrected chi connectivity index (χ2v) is 16.6. The van der Waals surface area contributed by atoms with Gasteiger partial charge in [0.15, 0.2) is 6.29 Å². The highest BCUT2D eigenvalue weighted by Gasteiger charge is 2.48. The first-order valence-electron chi connectivity index (χ1n) is 20.4. The molecular formula is C41H84N2O11. The molecule has 0 bridgehead atoms. The summed E-state index contributed by atoms with van der Waals surface area (Å²) in [6.07, 6.45) is -1.05. The van der Waals surface area contributed by atoms with Crippen molar-refractivity contribution in [1.29, 1.82) is 0 Å². The van der Waals surface area contributed by atoms with Gasteiger partial charge in [-0.1, -0.05) is 41.5 Å². The van der Waals surface area contributed by atoms with Gasteiger partial charge >= 0.3 is 5.97 Å². The fraction of sp³-hybridized carbons (Fsp3) is 0.976. The Morgan fingerprint density at radius 2 is 1.56 bits per heavy atom. The van der Waals surface area contributed by atoms with E-state index < -0.39 is 65.8 Å². The third kappa shape index (κ3) is 15.1. The number of hydrogen-bond acceptors (Lipinski definition) is 13. The van der Waals surface area contributed by atoms with Crippen molar-refractivity contribution in [3.63, 3.8) is 0 Å². The fourth-order valence-electron chi connectivity index (χ4n) is 8.27. The first-order valence-corrected chi connectivity index (χ1v) is 20.4. The number of aliphatic hydroxyl groups is 5. The molecule has 0 amide bonds. The van der Waals surface area contributed by atoms with Gasteiger partial charge in [0.2, 0.25) is 0 Å². The van der Waals surface area contributed by atoms with Gasteiger partial charge in [-0.2, -0.15) is 0 Å². The molecule has 54 heavy (non-hydrogen) atoms. The Kier molecular flexibility index (Phi) is 24.3. The number of hydrogen-bond donors (Lipinski definition) is 5. The molecule has 3 aliphatic heterocycles. The number of cyclic esters (lactones) is 1. The van der Waals surface area contributed by atoms with Gasteiger partial charge in [-0.3, -0.25) is 4.79 Å². The monoisotopic (exact) mass is 781 g/mol. The Labute approximate surface area is 329 Å². The molecule has 13 heteroatoms. The minimum absolute atomic E-state index is 0.0295. The number of likely N-dealkylation sites (N-methyl/N-ethyl adjacent to an activating group) is 1. The zero-order chi connectivity index (χ0) is 42.3. The number of esters is 1. The average molecular weight is 781 g/mol. The molecule has 324 valence electrons. The summed E-state index contributed by atoms with van der Waals surface area (Å²) in [5.74, 6) is -1.69. The second-order valence-electron chi connectivity index (χ2n) is 16.6. The number of rotatable bonds is 5. The van der Waals surface area contributed by atoms with E-state index in [0.29, 0.717) is 31.4 Å². The Morgan fingerprint density at radius 3 is 2.04 bits per heavy atom. The highest BCUT2D eigenvalue weighted by molar-refractivity contribution is 5.73. The molecule has 7 unspecified atom stereocenters. The molecule has 0 aliphatic carbocycles. The third-order valence-corrected chi connectivity index (χ3v) is 11.6. The van der Waals surface area contributed by atoms with Crippen LogP contribution in [0.2, 0.25) is 0 Å². The topological polar surface area (TPSA) is 171 Å². The van der Waals surface area contributed by atoms with Crippen molar-refractivity contribution in [2.45, 2.75) is 187 Å². The molecule has 3 heterocycles. The molecule has 3 rings (SSSR count). The molecule has 3 aliphatic rings. The zero-order valence-corrected chi connectivity index (χ0v) is 37.1. The van der Waals surface area contributed by atoms with Crippen molar-refractivity contribution < 1.29 is 54.0 Å². The number of aliphatic hydroxyl groups excluding tert-OH is 3. The minimum atomic E-state index is -1.72. The molecule has 0 spiro atoms. The Morgan fingerprint density at radius 1 is 0.981 bits per heavy atom. The number of nitrogens with zero attached hydrogens (tertiary/aromatic N) is 2. The van der Waals surface area contributed by atoms with Crippen LogP contribution in [-0.2, 0) is 28.5 Å². The predicted octanol–water partition coefficient (Wildman–Crippen LogP) is 4.09. The molecule has 13 nitrogen and oxygen atoms in total. The van der Waals surface area contributed by atoms with E-state index in [0.717, 1.165) is 26.6 Å². The van der Waals surface area contributed by atoms with Crippen molar-refractivity contribution in [3.8, 4) is 0 Å². The summed E-state index contributed by atoms with van der Waals surface area (Å²) in [5, 5.41) is 52.9. The van der Waals surface area contributed by atoms with Crippen LogP contribution in [0.15, 0.2) is 0 Å². The predicted molar refractivity (Wildman–Crippen MR) is 213 cm³/mol. The Hall–Kier alpha value is -0.970. The van der Waals surface area contributed by atoms with E-state index in [1.165, 1.54) is 6.92 Å². The molecule has 16 atom stereocenters. The summed E-state index contributed by atoms with van der Waals surface area (Å²) in [6.45, 7) is 23.9. The summed E-state index contributed by atoms with van der Waals surface area (Å²) < 4.78 is 29.1. The molecule has 0 aromatic rings. The van der Waals surface area contributed by atoms with E-state index in [-0.39, 0.29) is 30.6 Å². The number of methoxy groups -OCH3 is 1. The zero-order valence-electron chi connectivity index (χ0n) is 37.1. The maximum absolute atomic E-state index is 13.3. The van der Waals surface area contributed by atoms with Crippen molar-refractivity contribution in [1.82, 2.24) is 9.80 Å². The highest BCUT2D eigenvalue weighted by atomic mass is 16.7. The highest BCUT2D eigenvalue weighted by Crippen LogP contribution is 2.36. The van der Waals surface area contributed by atoms with Crippen LogP contribution in [0, 0.1) is 23.7 Å². The lowest BCUT2D eigenvalue weighted by atomic mass is 9.78. The van der Waals surface area contributed by atoms with Crippen LogP contribution in [0.5, 0.6) is 0 Å². The van der Waals surface area contributed by atoms with Crippen LogP contribution in [0.3, 0.4) is 0 Å². The number of carbonyl (C=O) groups excluding carboxylic acids is 1. The van der Waals surface area contributed by atoms with Crippen molar-refractivity contribution in [3.05, 3.63) is 0 Å². The lowest BCUT2D eigenvalue weighted by Crippen LogP contribution is -2.59. The Bertz CT molecular complexity index is 1010. The minimum Gasteiger partial charge on any atom is -0.459 e. The lowest BCUT2D eigenvalue weighted by Gasteiger charge is -2.45. The molecule has 0 aromatic carbocycles. The SMILES string of the molecule is CC.CC[C@H]1OC(=O)C(C)[C@@H](O)[C@H](C)[C@@H](OC2CC(N(C)C)CC(C)O2)[C@](C)(O)C[C@@H](C)CN(C)C(C)[C@H](O)[C@]1(C)O.CO.CO[C@@H]1C(C)CCOC1C. The smallest absolute Gasteiger partial charge is 0.311 e. The van der Waals surface area contributed by atoms with E-state index in [1.807, 2.05) is 60.7 Å². The molecule has 0 saturated carbocycles. The fourth-order valence-corrected chi connectivity index (χ4v) is 8.27. The van der Waals surface area contributed by atoms with Crippen LogP contribution >= 0.6 is 0 Å². The van der Waals surface area contributed by atoms with E-state index in [1.54, 1.807) is 34.8 Å². The first-order chi connectivity index (χ1) is 25.1.